The molecule has 0 bridgehead atoms. The van der Waals surface area contributed by atoms with Crippen molar-refractivity contribution in [3.05, 3.63) is 34.9 Å². The number of carbonyl (C=O) groups excluding carboxylic acids is 2. The maximum atomic E-state index is 13.2. The molecule has 2 amide bonds. The Morgan fingerprint density at radius 1 is 1.00 bits per heavy atom. The molecule has 2 aliphatic heterocycles. The molecule has 2 saturated heterocycles. The smallest absolute Gasteiger partial charge is 0.311 e. The van der Waals surface area contributed by atoms with E-state index in [1.807, 2.05) is 32.0 Å². The van der Waals surface area contributed by atoms with Crippen LogP contribution in [0, 0.1) is 31.1 Å². The number of likely N-dealkylation sites (tertiary alicyclic amines) is 2. The summed E-state index contributed by atoms with van der Waals surface area (Å²) in [5, 5.41) is 9.78. The van der Waals surface area contributed by atoms with Crippen molar-refractivity contribution in [2.45, 2.75) is 46.0 Å². The third-order valence-corrected chi connectivity index (χ3v) is 7.13. The highest BCUT2D eigenvalue weighted by molar-refractivity contribution is 5.95. The lowest BCUT2D eigenvalue weighted by Gasteiger charge is -2.34. The number of nitrogens with zero attached hydrogens (tertiary/aromatic N) is 2. The van der Waals surface area contributed by atoms with Gasteiger partial charge in [0.05, 0.1) is 11.3 Å². The van der Waals surface area contributed by atoms with E-state index < -0.39 is 11.4 Å². The number of aryl methyl sites for hydroxylation is 2. The molecule has 1 saturated carbocycles. The van der Waals surface area contributed by atoms with Crippen LogP contribution < -0.4 is 0 Å². The molecule has 0 aromatic heterocycles. The van der Waals surface area contributed by atoms with Crippen LogP contribution in [0.25, 0.3) is 0 Å². The molecule has 156 valence electrons. The van der Waals surface area contributed by atoms with Gasteiger partial charge >= 0.3 is 5.97 Å². The molecule has 2 heterocycles. The molecule has 3 aliphatic rings. The highest BCUT2D eigenvalue weighted by Gasteiger charge is 2.56. The highest BCUT2D eigenvalue weighted by atomic mass is 16.4. The zero-order chi connectivity index (χ0) is 20.8. The molecule has 3 atom stereocenters. The van der Waals surface area contributed by atoms with Crippen molar-refractivity contribution >= 4 is 17.8 Å². The molecular weight excluding hydrogens is 368 g/mol. The Bertz CT molecular complexity index is 831. The van der Waals surface area contributed by atoms with Crippen LogP contribution in [0.2, 0.25) is 0 Å². The number of rotatable bonds is 3. The molecule has 4 rings (SSSR count). The number of amides is 2. The normalized spacial score (nSPS) is 29.0. The van der Waals surface area contributed by atoms with Gasteiger partial charge in [-0.1, -0.05) is 23.6 Å². The molecule has 3 fully saturated rings. The van der Waals surface area contributed by atoms with Crippen molar-refractivity contribution in [3.8, 4) is 0 Å². The van der Waals surface area contributed by atoms with Crippen molar-refractivity contribution < 1.29 is 19.5 Å². The van der Waals surface area contributed by atoms with Crippen molar-refractivity contribution in [2.75, 3.05) is 26.2 Å². The third kappa shape index (κ3) is 3.53. The van der Waals surface area contributed by atoms with Gasteiger partial charge in [-0.25, -0.2) is 0 Å². The van der Waals surface area contributed by atoms with Crippen molar-refractivity contribution in [1.29, 1.82) is 0 Å². The predicted molar refractivity (Wildman–Crippen MR) is 109 cm³/mol. The summed E-state index contributed by atoms with van der Waals surface area (Å²) < 4.78 is 0. The van der Waals surface area contributed by atoms with Crippen molar-refractivity contribution in [3.63, 3.8) is 0 Å². The fourth-order valence-corrected chi connectivity index (χ4v) is 5.71. The van der Waals surface area contributed by atoms with Crippen molar-refractivity contribution in [2.24, 2.45) is 17.3 Å². The van der Waals surface area contributed by atoms with Gasteiger partial charge in [-0.05, 0) is 57.6 Å². The SMILES string of the molecule is Cc1cc(C)cc(C(=O)N2CCCC(C(=O)N3C[C@@H]4CCC[C@@]4(C(=O)O)C3)C2)c1. The number of carboxylic acids is 1. The van der Waals surface area contributed by atoms with E-state index in [0.29, 0.717) is 38.2 Å². The van der Waals surface area contributed by atoms with E-state index >= 15 is 0 Å². The second-order valence-corrected chi connectivity index (χ2v) is 9.24. The molecule has 1 N–H and O–H groups in total. The molecule has 1 aromatic rings. The van der Waals surface area contributed by atoms with Crippen LogP contribution in [0.4, 0.5) is 0 Å². The molecule has 0 radical (unpaired) electrons. The van der Waals surface area contributed by atoms with Crippen LogP contribution in [0.15, 0.2) is 18.2 Å². The summed E-state index contributed by atoms with van der Waals surface area (Å²) in [6.45, 7) is 5.92. The lowest BCUT2D eigenvalue weighted by molar-refractivity contribution is -0.149. The van der Waals surface area contributed by atoms with Crippen LogP contribution in [-0.2, 0) is 9.59 Å². The molecule has 0 spiro atoms. The van der Waals surface area contributed by atoms with Gasteiger partial charge in [0.2, 0.25) is 5.91 Å². The first-order valence-electron chi connectivity index (χ1n) is 10.7. The minimum atomic E-state index is -0.759. The monoisotopic (exact) mass is 398 g/mol. The minimum absolute atomic E-state index is 0.0189. The molecule has 1 aliphatic carbocycles. The van der Waals surface area contributed by atoms with Gasteiger partial charge in [0.15, 0.2) is 0 Å². The maximum Gasteiger partial charge on any atom is 0.311 e. The van der Waals surface area contributed by atoms with Crippen LogP contribution in [0.3, 0.4) is 0 Å². The summed E-state index contributed by atoms with van der Waals surface area (Å²) in [5.41, 5.74) is 2.04. The van der Waals surface area contributed by atoms with Gasteiger partial charge in [-0.15, -0.1) is 0 Å². The van der Waals surface area contributed by atoms with Crippen LogP contribution in [0.5, 0.6) is 0 Å². The van der Waals surface area contributed by atoms with Gasteiger partial charge in [0.1, 0.15) is 0 Å². The average Bonchev–Trinajstić information content (AvgIpc) is 3.25. The lowest BCUT2D eigenvalue weighted by Crippen LogP contribution is -2.47. The summed E-state index contributed by atoms with van der Waals surface area (Å²) in [5.74, 6) is -0.915. The largest absolute Gasteiger partial charge is 0.481 e. The Morgan fingerprint density at radius 2 is 1.72 bits per heavy atom. The first-order chi connectivity index (χ1) is 13.8. The highest BCUT2D eigenvalue weighted by Crippen LogP contribution is 2.49. The molecule has 1 aromatic carbocycles. The molecule has 29 heavy (non-hydrogen) atoms. The third-order valence-electron chi connectivity index (χ3n) is 7.13. The zero-order valence-electron chi connectivity index (χ0n) is 17.3. The number of piperidine rings is 1. The Labute approximate surface area is 171 Å². The van der Waals surface area contributed by atoms with Crippen LogP contribution in [0.1, 0.15) is 53.6 Å². The summed E-state index contributed by atoms with van der Waals surface area (Å²) >= 11 is 0. The number of carboxylic acid groups (broad SMARTS) is 1. The number of hydrogen-bond donors (Lipinski definition) is 1. The zero-order valence-corrected chi connectivity index (χ0v) is 17.3. The number of aliphatic carboxylic acids is 1. The van der Waals surface area contributed by atoms with Gasteiger partial charge < -0.3 is 14.9 Å². The van der Waals surface area contributed by atoms with Crippen molar-refractivity contribution in [1.82, 2.24) is 9.80 Å². The molecule has 6 heteroatoms. The lowest BCUT2D eigenvalue weighted by atomic mass is 9.81. The fourth-order valence-electron chi connectivity index (χ4n) is 5.71. The Hall–Kier alpha value is -2.37. The van der Waals surface area contributed by atoms with E-state index in [-0.39, 0.29) is 23.7 Å². The number of carbonyl (C=O) groups is 3. The first kappa shape index (κ1) is 19.9. The van der Waals surface area contributed by atoms with Gasteiger partial charge in [0, 0.05) is 31.7 Å². The van der Waals surface area contributed by atoms with Crippen LogP contribution >= 0.6 is 0 Å². The first-order valence-corrected chi connectivity index (χ1v) is 10.7. The Morgan fingerprint density at radius 3 is 2.38 bits per heavy atom. The minimum Gasteiger partial charge on any atom is -0.481 e. The van der Waals surface area contributed by atoms with Crippen LogP contribution in [-0.4, -0.2) is 58.9 Å². The number of fused-ring (bicyclic) bond motifs is 1. The van der Waals surface area contributed by atoms with Gasteiger partial charge in [0.25, 0.3) is 5.91 Å². The maximum absolute atomic E-state index is 13.2. The fraction of sp³-hybridized carbons (Fsp3) is 0.609. The van der Waals surface area contributed by atoms with E-state index in [9.17, 15) is 19.5 Å². The standard InChI is InChI=1S/C23H30N2O4/c1-15-9-16(2)11-18(10-15)21(27)24-8-4-5-17(12-24)20(26)25-13-19-6-3-7-23(19,14-25)22(28)29/h9-11,17,19H,3-8,12-14H2,1-2H3,(H,28,29)/t17?,19-,23+/m0/s1. The van der Waals surface area contributed by atoms with E-state index in [2.05, 4.69) is 0 Å². The Kier molecular flexibility index (Phi) is 5.13. The number of hydrogen-bond acceptors (Lipinski definition) is 3. The second-order valence-electron chi connectivity index (χ2n) is 9.24. The van der Waals surface area contributed by atoms with E-state index in [0.717, 1.165) is 36.8 Å². The molecule has 6 nitrogen and oxygen atoms in total. The summed E-state index contributed by atoms with van der Waals surface area (Å²) in [6, 6.07) is 5.85. The van der Waals surface area contributed by atoms with Gasteiger partial charge in [-0.2, -0.15) is 0 Å². The topological polar surface area (TPSA) is 77.9 Å². The number of benzene rings is 1. The van der Waals surface area contributed by atoms with E-state index in [1.54, 1.807) is 9.80 Å². The predicted octanol–water partition coefficient (Wildman–Crippen LogP) is 2.87. The Balaban J connectivity index is 1.45. The summed E-state index contributed by atoms with van der Waals surface area (Å²) in [7, 11) is 0. The van der Waals surface area contributed by atoms with E-state index in [1.165, 1.54) is 0 Å². The second kappa shape index (κ2) is 7.47. The van der Waals surface area contributed by atoms with Gasteiger partial charge in [-0.3, -0.25) is 14.4 Å². The average molecular weight is 399 g/mol. The quantitative estimate of drug-likeness (QED) is 0.849. The summed E-state index contributed by atoms with van der Waals surface area (Å²) in [6.07, 6.45) is 4.04. The molecule has 1 unspecified atom stereocenters. The van der Waals surface area contributed by atoms with E-state index in [4.69, 9.17) is 0 Å². The molecular formula is C23H30N2O4. The summed E-state index contributed by atoms with van der Waals surface area (Å²) in [4.78, 5) is 41.7.